The molecule has 0 bridgehead atoms. The number of carboxylic acid groups (broad SMARTS) is 1. The number of carbonyl (C=O) groups is 2. The molecule has 1 aliphatic carbocycles. The van der Waals surface area contributed by atoms with E-state index in [1.54, 1.807) is 4.57 Å². The van der Waals surface area contributed by atoms with E-state index in [-0.39, 0.29) is 23.9 Å². The first kappa shape index (κ1) is 23.6. The zero-order valence-corrected chi connectivity index (χ0v) is 18.6. The molecule has 2 aromatic heterocycles. The Morgan fingerprint density at radius 3 is 2.61 bits per heavy atom. The third-order valence-corrected chi connectivity index (χ3v) is 6.01. The van der Waals surface area contributed by atoms with Crippen molar-refractivity contribution in [1.82, 2.24) is 35.2 Å². The van der Waals surface area contributed by atoms with E-state index in [1.165, 1.54) is 29.7 Å². The number of ether oxygens (including phenoxy) is 1. The number of rotatable bonds is 7. The van der Waals surface area contributed by atoms with Gasteiger partial charge in [-0.05, 0) is 42.9 Å². The third kappa shape index (κ3) is 5.23. The number of benzene rings is 1. The van der Waals surface area contributed by atoms with Crippen molar-refractivity contribution >= 4 is 12.0 Å². The Morgan fingerprint density at radius 2 is 1.94 bits per heavy atom. The second kappa shape index (κ2) is 9.13. The van der Waals surface area contributed by atoms with Gasteiger partial charge in [0.25, 0.3) is 0 Å². The minimum atomic E-state index is -4.87. The van der Waals surface area contributed by atoms with Crippen LogP contribution in [0.2, 0.25) is 0 Å². The summed E-state index contributed by atoms with van der Waals surface area (Å²) in [6.45, 7) is 0.369. The number of nitrogens with one attached hydrogen (secondary N) is 1. The highest BCUT2D eigenvalue weighted by Crippen LogP contribution is 2.45. The van der Waals surface area contributed by atoms with Crippen LogP contribution >= 0.6 is 0 Å². The molecule has 190 valence electrons. The van der Waals surface area contributed by atoms with E-state index in [1.807, 2.05) is 0 Å². The van der Waals surface area contributed by atoms with E-state index in [2.05, 4.69) is 30.4 Å². The van der Waals surface area contributed by atoms with Crippen LogP contribution in [-0.2, 0) is 6.54 Å². The molecule has 2 N–H and O–H groups in total. The van der Waals surface area contributed by atoms with E-state index < -0.39 is 42.1 Å². The fourth-order valence-electron chi connectivity index (χ4n) is 4.33. The SMILES string of the molecule is O=C(NC1C[C@H](Cn2cnnc2)N(C(=O)O)C1)c1nnc(-c2cc(OC(F)(F)F)ccc2C2CC2)o1. The zero-order chi connectivity index (χ0) is 25.4. The summed E-state index contributed by atoms with van der Waals surface area (Å²) in [6.07, 6.45) is -0.987. The molecule has 3 heterocycles. The molecule has 0 spiro atoms. The minimum absolute atomic E-state index is 0.0531. The van der Waals surface area contributed by atoms with Crippen molar-refractivity contribution in [1.29, 1.82) is 0 Å². The molecular weight excluding hydrogens is 487 g/mol. The van der Waals surface area contributed by atoms with Gasteiger partial charge in [0.15, 0.2) is 0 Å². The molecule has 2 aliphatic rings. The first-order valence-corrected chi connectivity index (χ1v) is 11.0. The van der Waals surface area contributed by atoms with Crippen LogP contribution in [0, 0.1) is 0 Å². The summed E-state index contributed by atoms with van der Waals surface area (Å²) in [5, 5.41) is 27.2. The molecule has 1 saturated heterocycles. The summed E-state index contributed by atoms with van der Waals surface area (Å²) >= 11 is 0. The van der Waals surface area contributed by atoms with Gasteiger partial charge in [-0.3, -0.25) is 4.79 Å². The van der Waals surface area contributed by atoms with Crippen LogP contribution in [0.25, 0.3) is 11.5 Å². The molecule has 0 radical (unpaired) electrons. The van der Waals surface area contributed by atoms with Crippen molar-refractivity contribution in [2.24, 2.45) is 0 Å². The minimum Gasteiger partial charge on any atom is -0.465 e. The highest BCUT2D eigenvalue weighted by atomic mass is 19.4. The van der Waals surface area contributed by atoms with Gasteiger partial charge in [0.2, 0.25) is 5.89 Å². The molecule has 15 heteroatoms. The first-order valence-electron chi connectivity index (χ1n) is 11.0. The van der Waals surface area contributed by atoms with E-state index in [4.69, 9.17) is 4.42 Å². The lowest BCUT2D eigenvalue weighted by Crippen LogP contribution is -2.39. The van der Waals surface area contributed by atoms with Crippen molar-refractivity contribution in [2.45, 2.75) is 50.2 Å². The maximum Gasteiger partial charge on any atom is 0.573 e. The molecule has 1 aliphatic heterocycles. The molecular formula is C21H20F3N7O5. The average molecular weight is 507 g/mol. The fourth-order valence-corrected chi connectivity index (χ4v) is 4.33. The molecule has 2 atom stereocenters. The maximum absolute atomic E-state index is 12.8. The molecule has 3 aromatic rings. The number of halogens is 3. The number of aromatic nitrogens is 5. The normalized spacial score (nSPS) is 19.9. The Bertz CT molecular complexity index is 1260. The second-order valence-electron chi connectivity index (χ2n) is 8.64. The predicted octanol–water partition coefficient (Wildman–Crippen LogP) is 2.66. The molecule has 5 rings (SSSR count). The van der Waals surface area contributed by atoms with Crippen molar-refractivity contribution in [3.8, 4) is 17.2 Å². The van der Waals surface area contributed by atoms with Crippen LogP contribution in [0.3, 0.4) is 0 Å². The topological polar surface area (TPSA) is 148 Å². The molecule has 12 nitrogen and oxygen atoms in total. The van der Waals surface area contributed by atoms with E-state index in [9.17, 15) is 27.9 Å². The van der Waals surface area contributed by atoms with E-state index in [0.717, 1.165) is 24.5 Å². The Balaban J connectivity index is 1.30. The van der Waals surface area contributed by atoms with Crippen LogP contribution in [0.15, 0.2) is 35.3 Å². The average Bonchev–Trinajstić information content (AvgIpc) is 3.19. The fraction of sp³-hybridized carbons (Fsp3) is 0.429. The van der Waals surface area contributed by atoms with Gasteiger partial charge in [-0.1, -0.05) is 6.07 Å². The lowest BCUT2D eigenvalue weighted by molar-refractivity contribution is -0.274. The number of alkyl halides is 3. The van der Waals surface area contributed by atoms with Gasteiger partial charge >= 0.3 is 24.3 Å². The molecule has 1 aromatic carbocycles. The summed E-state index contributed by atoms with van der Waals surface area (Å²) in [7, 11) is 0. The van der Waals surface area contributed by atoms with Gasteiger partial charge in [0.05, 0.1) is 6.04 Å². The summed E-state index contributed by atoms with van der Waals surface area (Å²) in [5.74, 6) is -1.52. The molecule has 1 unspecified atom stereocenters. The van der Waals surface area contributed by atoms with Gasteiger partial charge < -0.3 is 29.0 Å². The standard InChI is InChI=1S/C21H20F3N7O5/c22-21(23,24)36-14-3-4-15(11-1-2-11)16(6-14)18-28-29-19(35-18)17(32)27-12-5-13(31(7-12)20(33)34)8-30-9-25-26-10-30/h3-4,6,9-13H,1-2,5,7-8H2,(H,27,32)(H,33,34)/t12?,13-/m1/s1. The molecule has 2 amide bonds. The lowest BCUT2D eigenvalue weighted by Gasteiger charge is -2.20. The van der Waals surface area contributed by atoms with Crippen LogP contribution < -0.4 is 10.1 Å². The smallest absolute Gasteiger partial charge is 0.465 e. The first-order chi connectivity index (χ1) is 17.2. The number of hydrogen-bond acceptors (Lipinski definition) is 8. The largest absolute Gasteiger partial charge is 0.573 e. The Kier molecular flexibility index (Phi) is 5.97. The van der Waals surface area contributed by atoms with Gasteiger partial charge in [-0.15, -0.1) is 33.6 Å². The Hall–Kier alpha value is -4.17. The highest BCUT2D eigenvalue weighted by Gasteiger charge is 2.37. The summed E-state index contributed by atoms with van der Waals surface area (Å²) in [4.78, 5) is 25.6. The van der Waals surface area contributed by atoms with Gasteiger partial charge in [0, 0.05) is 24.7 Å². The van der Waals surface area contributed by atoms with Crippen molar-refractivity contribution in [2.75, 3.05) is 6.54 Å². The van der Waals surface area contributed by atoms with Crippen LogP contribution in [-0.4, -0.2) is 72.0 Å². The summed E-state index contributed by atoms with van der Waals surface area (Å²) in [6, 6.07) is 2.97. The highest BCUT2D eigenvalue weighted by molar-refractivity contribution is 5.90. The quantitative estimate of drug-likeness (QED) is 0.492. The zero-order valence-electron chi connectivity index (χ0n) is 18.6. The number of carbonyl (C=O) groups excluding carboxylic acids is 1. The number of amides is 2. The number of nitrogens with zero attached hydrogens (tertiary/aromatic N) is 6. The van der Waals surface area contributed by atoms with Crippen molar-refractivity contribution in [3.63, 3.8) is 0 Å². The molecule has 1 saturated carbocycles. The van der Waals surface area contributed by atoms with Crippen molar-refractivity contribution < 1.29 is 37.0 Å². The number of hydrogen-bond donors (Lipinski definition) is 2. The van der Waals surface area contributed by atoms with Crippen LogP contribution in [0.4, 0.5) is 18.0 Å². The van der Waals surface area contributed by atoms with Gasteiger partial charge in [-0.2, -0.15) is 0 Å². The summed E-state index contributed by atoms with van der Waals surface area (Å²) < 4.78 is 49.2. The number of likely N-dealkylation sites (tertiary alicyclic amines) is 1. The molecule has 2 fully saturated rings. The van der Waals surface area contributed by atoms with Crippen LogP contribution in [0.1, 0.15) is 41.4 Å². The lowest BCUT2D eigenvalue weighted by atomic mass is 10.0. The Labute approximate surface area is 201 Å². The van der Waals surface area contributed by atoms with E-state index >= 15 is 0 Å². The Morgan fingerprint density at radius 1 is 1.19 bits per heavy atom. The summed E-state index contributed by atoms with van der Waals surface area (Å²) in [5.41, 5.74) is 0.989. The van der Waals surface area contributed by atoms with E-state index in [0.29, 0.717) is 13.0 Å². The van der Waals surface area contributed by atoms with Crippen LogP contribution in [0.5, 0.6) is 5.75 Å². The van der Waals surface area contributed by atoms with Gasteiger partial charge in [0.1, 0.15) is 18.4 Å². The monoisotopic (exact) mass is 507 g/mol. The second-order valence-corrected chi connectivity index (χ2v) is 8.64. The molecule has 36 heavy (non-hydrogen) atoms. The van der Waals surface area contributed by atoms with Gasteiger partial charge in [-0.25, -0.2) is 4.79 Å². The van der Waals surface area contributed by atoms with Crippen molar-refractivity contribution in [3.05, 3.63) is 42.3 Å². The third-order valence-electron chi connectivity index (χ3n) is 6.01. The predicted molar refractivity (Wildman–Crippen MR) is 113 cm³/mol. The maximum atomic E-state index is 12.8.